The van der Waals surface area contributed by atoms with E-state index in [0.717, 1.165) is 64.9 Å². The van der Waals surface area contributed by atoms with Crippen LogP contribution in [-0.2, 0) is 19.4 Å². The van der Waals surface area contributed by atoms with Crippen molar-refractivity contribution in [2.75, 3.05) is 7.11 Å². The molecular formula is C30H32N6O2. The van der Waals surface area contributed by atoms with Gasteiger partial charge in [0.15, 0.2) is 5.82 Å². The van der Waals surface area contributed by atoms with E-state index in [0.29, 0.717) is 18.1 Å². The normalized spacial score (nSPS) is 11.1. The zero-order valence-electron chi connectivity index (χ0n) is 22.0. The number of para-hydroxylation sites is 1. The third kappa shape index (κ3) is 4.89. The molecule has 0 radical (unpaired) electrons. The summed E-state index contributed by atoms with van der Waals surface area (Å²) in [4.78, 5) is 13.8. The van der Waals surface area contributed by atoms with Crippen LogP contribution in [0.5, 0.6) is 5.75 Å². The Kier molecular flexibility index (Phi) is 7.49. The third-order valence-corrected chi connectivity index (χ3v) is 6.76. The van der Waals surface area contributed by atoms with Crippen LogP contribution in [0.4, 0.5) is 0 Å². The minimum Gasteiger partial charge on any atom is -0.495 e. The quantitative estimate of drug-likeness (QED) is 0.271. The first kappa shape index (κ1) is 25.2. The van der Waals surface area contributed by atoms with Crippen molar-refractivity contribution < 1.29 is 4.74 Å². The van der Waals surface area contributed by atoms with Gasteiger partial charge in [0.05, 0.1) is 19.3 Å². The maximum Gasteiger partial charge on any atom is 0.333 e. The Labute approximate surface area is 221 Å². The van der Waals surface area contributed by atoms with Crippen molar-refractivity contribution in [2.24, 2.45) is 0 Å². The zero-order chi connectivity index (χ0) is 26.5. The standard InChI is InChI=1S/C30H32N6O2/c1-4-9-23-11-8-14-27(38-3)28(23)36-20-24(10-5-2)35(30(36)37)19-21-15-17-22(18-16-21)25-12-6-7-13-26(25)29-31-33-34-32-29/h6-8,11-18,20H,4-5,9-10,19H2,1-3H3,(H,31,32,33,34). The van der Waals surface area contributed by atoms with Gasteiger partial charge < -0.3 is 4.74 Å². The van der Waals surface area contributed by atoms with E-state index < -0.39 is 0 Å². The fourth-order valence-electron chi connectivity index (χ4n) is 4.98. The van der Waals surface area contributed by atoms with Gasteiger partial charge in [-0.05, 0) is 51.6 Å². The molecule has 0 atom stereocenters. The summed E-state index contributed by atoms with van der Waals surface area (Å²) in [6, 6.07) is 22.3. The third-order valence-electron chi connectivity index (χ3n) is 6.76. The lowest BCUT2D eigenvalue weighted by atomic mass is 9.98. The highest BCUT2D eigenvalue weighted by atomic mass is 16.5. The van der Waals surface area contributed by atoms with Crippen molar-refractivity contribution in [3.8, 4) is 34.0 Å². The minimum atomic E-state index is -0.0532. The van der Waals surface area contributed by atoms with Gasteiger partial charge in [-0.2, -0.15) is 0 Å². The number of ether oxygens (including phenoxy) is 1. The Morgan fingerprint density at radius 1 is 0.895 bits per heavy atom. The number of benzene rings is 3. The molecule has 0 aliphatic carbocycles. The van der Waals surface area contributed by atoms with Crippen LogP contribution in [0.1, 0.15) is 43.5 Å². The summed E-state index contributed by atoms with van der Waals surface area (Å²) >= 11 is 0. The summed E-state index contributed by atoms with van der Waals surface area (Å²) in [6.07, 6.45) is 5.61. The predicted molar refractivity (Wildman–Crippen MR) is 149 cm³/mol. The first-order valence-electron chi connectivity index (χ1n) is 13.0. The Hall–Kier alpha value is -4.46. The van der Waals surface area contributed by atoms with Crippen molar-refractivity contribution in [2.45, 2.75) is 46.1 Å². The fraction of sp³-hybridized carbons (Fsp3) is 0.267. The highest BCUT2D eigenvalue weighted by molar-refractivity contribution is 5.80. The van der Waals surface area contributed by atoms with Crippen LogP contribution in [0.15, 0.2) is 77.7 Å². The first-order chi connectivity index (χ1) is 18.6. The van der Waals surface area contributed by atoms with Crippen molar-refractivity contribution in [3.63, 3.8) is 0 Å². The van der Waals surface area contributed by atoms with E-state index in [1.165, 1.54) is 0 Å². The van der Waals surface area contributed by atoms with Gasteiger partial charge in [-0.25, -0.2) is 9.89 Å². The number of nitrogens with one attached hydrogen (secondary N) is 1. The number of aromatic nitrogens is 6. The molecule has 0 amide bonds. The van der Waals surface area contributed by atoms with Gasteiger partial charge in [-0.15, -0.1) is 5.10 Å². The monoisotopic (exact) mass is 508 g/mol. The van der Waals surface area contributed by atoms with E-state index in [9.17, 15) is 4.79 Å². The van der Waals surface area contributed by atoms with Crippen LogP contribution in [0.2, 0.25) is 0 Å². The number of rotatable bonds is 10. The van der Waals surface area contributed by atoms with Gasteiger partial charge in [0.2, 0.25) is 0 Å². The summed E-state index contributed by atoms with van der Waals surface area (Å²) in [5.41, 5.74) is 6.98. The number of H-pyrrole nitrogens is 1. The second kappa shape index (κ2) is 11.3. The molecule has 5 rings (SSSR count). The largest absolute Gasteiger partial charge is 0.495 e. The lowest BCUT2D eigenvalue weighted by Gasteiger charge is -2.13. The van der Waals surface area contributed by atoms with E-state index in [1.807, 2.05) is 41.1 Å². The Morgan fingerprint density at radius 2 is 1.66 bits per heavy atom. The zero-order valence-corrected chi connectivity index (χ0v) is 22.0. The van der Waals surface area contributed by atoms with Crippen LogP contribution in [-0.4, -0.2) is 36.9 Å². The van der Waals surface area contributed by atoms with Gasteiger partial charge in [-0.3, -0.25) is 9.13 Å². The molecule has 2 heterocycles. The van der Waals surface area contributed by atoms with Crippen LogP contribution in [0.3, 0.4) is 0 Å². The molecule has 0 unspecified atom stereocenters. The lowest BCUT2D eigenvalue weighted by molar-refractivity contribution is 0.411. The molecule has 0 spiro atoms. The molecule has 0 saturated heterocycles. The molecule has 194 valence electrons. The highest BCUT2D eigenvalue weighted by Crippen LogP contribution is 2.30. The number of methoxy groups -OCH3 is 1. The molecule has 0 saturated carbocycles. The Balaban J connectivity index is 1.51. The average molecular weight is 509 g/mol. The van der Waals surface area contributed by atoms with Crippen molar-refractivity contribution in [1.29, 1.82) is 0 Å². The SMILES string of the molecule is CCCc1cccc(OC)c1-n1cc(CCC)n(Cc2ccc(-c3ccccc3-c3nnn[nH]3)cc2)c1=O. The van der Waals surface area contributed by atoms with Crippen LogP contribution in [0, 0.1) is 0 Å². The number of aromatic amines is 1. The molecule has 1 N–H and O–H groups in total. The summed E-state index contributed by atoms with van der Waals surface area (Å²) < 4.78 is 9.33. The molecule has 0 aliphatic heterocycles. The van der Waals surface area contributed by atoms with E-state index in [2.05, 4.69) is 70.9 Å². The average Bonchev–Trinajstić information content (AvgIpc) is 3.59. The molecule has 8 nitrogen and oxygen atoms in total. The van der Waals surface area contributed by atoms with Gasteiger partial charge in [-0.1, -0.05) is 87.4 Å². The molecule has 0 aliphatic rings. The van der Waals surface area contributed by atoms with Gasteiger partial charge in [0.1, 0.15) is 5.75 Å². The second-order valence-corrected chi connectivity index (χ2v) is 9.32. The predicted octanol–water partition coefficient (Wildman–Crippen LogP) is 5.45. The fourth-order valence-corrected chi connectivity index (χ4v) is 4.98. The van der Waals surface area contributed by atoms with E-state index in [1.54, 1.807) is 11.7 Å². The maximum absolute atomic E-state index is 13.8. The summed E-state index contributed by atoms with van der Waals surface area (Å²) in [6.45, 7) is 4.77. The summed E-state index contributed by atoms with van der Waals surface area (Å²) in [5.74, 6) is 1.34. The van der Waals surface area contributed by atoms with E-state index in [-0.39, 0.29) is 5.69 Å². The number of hydrogen-bond acceptors (Lipinski definition) is 5. The number of hydrogen-bond donors (Lipinski definition) is 1. The molecule has 38 heavy (non-hydrogen) atoms. The first-order valence-corrected chi connectivity index (χ1v) is 13.0. The molecule has 0 fully saturated rings. The van der Waals surface area contributed by atoms with Crippen molar-refractivity contribution in [1.82, 2.24) is 29.8 Å². The smallest absolute Gasteiger partial charge is 0.333 e. The summed E-state index contributed by atoms with van der Waals surface area (Å²) in [7, 11) is 1.65. The van der Waals surface area contributed by atoms with Crippen molar-refractivity contribution in [3.05, 3.63) is 100 Å². The number of aryl methyl sites for hydroxylation is 2. The molecule has 8 heteroatoms. The van der Waals surface area contributed by atoms with E-state index >= 15 is 0 Å². The van der Waals surface area contributed by atoms with Gasteiger partial charge in [0.25, 0.3) is 0 Å². The topological polar surface area (TPSA) is 90.6 Å². The maximum atomic E-state index is 13.8. The van der Waals surface area contributed by atoms with Gasteiger partial charge in [0, 0.05) is 17.5 Å². The Bertz CT molecular complexity index is 1570. The Morgan fingerprint density at radius 3 is 2.34 bits per heavy atom. The van der Waals surface area contributed by atoms with Gasteiger partial charge >= 0.3 is 5.69 Å². The van der Waals surface area contributed by atoms with Crippen LogP contribution < -0.4 is 10.4 Å². The van der Waals surface area contributed by atoms with Crippen molar-refractivity contribution >= 4 is 0 Å². The van der Waals surface area contributed by atoms with Crippen LogP contribution in [0.25, 0.3) is 28.2 Å². The lowest BCUT2D eigenvalue weighted by Crippen LogP contribution is -2.25. The minimum absolute atomic E-state index is 0.0532. The number of tetrazole rings is 1. The summed E-state index contributed by atoms with van der Waals surface area (Å²) in [5, 5.41) is 14.3. The highest BCUT2D eigenvalue weighted by Gasteiger charge is 2.18. The number of imidazole rings is 1. The number of nitrogens with zero attached hydrogens (tertiary/aromatic N) is 5. The molecule has 3 aromatic carbocycles. The van der Waals surface area contributed by atoms with E-state index in [4.69, 9.17) is 4.74 Å². The molecular weight excluding hydrogens is 476 g/mol. The second-order valence-electron chi connectivity index (χ2n) is 9.32. The molecule has 2 aromatic heterocycles. The molecule has 5 aromatic rings. The molecule has 0 bridgehead atoms. The van der Waals surface area contributed by atoms with Crippen LogP contribution >= 0.6 is 0 Å².